The number of rotatable bonds is 6. The second kappa shape index (κ2) is 8.55. The molecule has 0 radical (unpaired) electrons. The topological polar surface area (TPSA) is 122 Å². The maximum atomic E-state index is 11.8. The highest BCUT2D eigenvalue weighted by Gasteiger charge is 2.09. The second-order valence-corrected chi connectivity index (χ2v) is 5.30. The molecule has 0 spiro atoms. The number of phenols is 1. The predicted octanol–water partition coefficient (Wildman–Crippen LogP) is 0.404. The monoisotopic (exact) mass is 361 g/mol. The number of benzene rings is 2. The van der Waals surface area contributed by atoms with Crippen molar-refractivity contribution in [1.29, 1.82) is 0 Å². The molecule has 0 heterocycles. The number of hydrogen-bond donors (Lipinski definition) is 4. The summed E-state index contributed by atoms with van der Waals surface area (Å²) in [6.45, 7) is -0.235. The first-order valence-corrected chi connectivity index (χ1v) is 7.45. The number of nitroso groups, excluding NO2 is 1. The van der Waals surface area contributed by atoms with E-state index < -0.39 is 11.8 Å². The molecule has 0 aliphatic heterocycles. The van der Waals surface area contributed by atoms with Gasteiger partial charge in [-0.05, 0) is 47.6 Å². The van der Waals surface area contributed by atoms with Crippen LogP contribution < -0.4 is 15.8 Å². The van der Waals surface area contributed by atoms with Gasteiger partial charge in [-0.3, -0.25) is 9.59 Å². The average molecular weight is 362 g/mol. The molecule has 2 aromatic carbocycles. The number of nitrogens with one attached hydrogen (secondary N) is 3. The first kappa shape index (κ1) is 18.1. The Bertz CT molecular complexity index is 821. The van der Waals surface area contributed by atoms with E-state index in [-0.39, 0.29) is 18.0 Å². The number of amides is 2. The number of hydrazone groups is 1. The van der Waals surface area contributed by atoms with Crippen molar-refractivity contribution in [3.05, 3.63) is 63.5 Å². The largest absolute Gasteiger partial charge is 0.506 e. The van der Waals surface area contributed by atoms with Crippen LogP contribution in [0.5, 0.6) is 5.75 Å². The summed E-state index contributed by atoms with van der Waals surface area (Å²) in [4.78, 5) is 33.8. The highest BCUT2D eigenvalue weighted by atomic mass is 35.5. The minimum absolute atomic E-state index is 0.0777. The fourth-order valence-corrected chi connectivity index (χ4v) is 1.94. The lowest BCUT2D eigenvalue weighted by Crippen LogP contribution is -2.82. The van der Waals surface area contributed by atoms with Gasteiger partial charge in [-0.2, -0.15) is 0 Å². The Hall–Kier alpha value is -3.26. The Kier molecular flexibility index (Phi) is 6.19. The van der Waals surface area contributed by atoms with Crippen LogP contribution in [0.4, 0.5) is 5.69 Å². The summed E-state index contributed by atoms with van der Waals surface area (Å²) in [5.41, 5.74) is 3.17. The van der Waals surface area contributed by atoms with E-state index in [1.807, 2.05) is 0 Å². The summed E-state index contributed by atoms with van der Waals surface area (Å²) >= 11 is 5.73. The van der Waals surface area contributed by atoms with Gasteiger partial charge in [0, 0.05) is 16.1 Å². The second-order valence-electron chi connectivity index (χ2n) is 4.87. The molecule has 2 aromatic rings. The molecule has 25 heavy (non-hydrogen) atoms. The summed E-state index contributed by atoms with van der Waals surface area (Å²) < 4.78 is 0. The van der Waals surface area contributed by atoms with Gasteiger partial charge in [0.25, 0.3) is 11.8 Å². The van der Waals surface area contributed by atoms with Gasteiger partial charge in [-0.1, -0.05) is 11.6 Å². The van der Waals surface area contributed by atoms with Gasteiger partial charge in [-0.25, -0.2) is 0 Å². The summed E-state index contributed by atoms with van der Waals surface area (Å²) in [6.07, 6.45) is 1.40. The average Bonchev–Trinajstić information content (AvgIpc) is 2.60. The van der Waals surface area contributed by atoms with Crippen LogP contribution in [0.15, 0.2) is 47.6 Å². The molecule has 0 bridgehead atoms. The fraction of sp³-hybridized carbons (Fsp3) is 0.0625. The van der Waals surface area contributed by atoms with E-state index >= 15 is 0 Å². The Labute approximate surface area is 147 Å². The molecule has 0 saturated heterocycles. The van der Waals surface area contributed by atoms with Crippen molar-refractivity contribution < 1.29 is 19.8 Å². The summed E-state index contributed by atoms with van der Waals surface area (Å²) in [5, 5.41) is 17.6. The van der Waals surface area contributed by atoms with Crippen molar-refractivity contribution in [2.45, 2.75) is 0 Å². The van der Waals surface area contributed by atoms with Crippen molar-refractivity contribution in [3.8, 4) is 5.75 Å². The van der Waals surface area contributed by atoms with Crippen LogP contribution in [0, 0.1) is 4.91 Å². The molecule has 0 aromatic heterocycles. The van der Waals surface area contributed by atoms with Gasteiger partial charge in [0.15, 0.2) is 6.21 Å². The van der Waals surface area contributed by atoms with Crippen molar-refractivity contribution >= 4 is 35.3 Å². The maximum absolute atomic E-state index is 11.8. The molecule has 2 rings (SSSR count). The van der Waals surface area contributed by atoms with Crippen molar-refractivity contribution in [2.24, 2.45) is 5.18 Å². The van der Waals surface area contributed by atoms with Crippen molar-refractivity contribution in [3.63, 3.8) is 0 Å². The van der Waals surface area contributed by atoms with Crippen LogP contribution in [-0.4, -0.2) is 29.7 Å². The number of nitrogens with zero attached hydrogens (tertiary/aromatic N) is 1. The molecule has 128 valence electrons. The minimum atomic E-state index is -0.478. The van der Waals surface area contributed by atoms with Crippen molar-refractivity contribution in [1.82, 2.24) is 10.7 Å². The van der Waals surface area contributed by atoms with E-state index in [2.05, 4.69) is 21.0 Å². The number of phenolic OH excluding ortho intramolecular Hbond substituents is 1. The van der Waals surface area contributed by atoms with Crippen molar-refractivity contribution in [2.75, 3.05) is 6.54 Å². The summed E-state index contributed by atoms with van der Waals surface area (Å²) in [7, 11) is 0. The van der Waals surface area contributed by atoms with Crippen LogP contribution in [0.1, 0.15) is 15.9 Å². The minimum Gasteiger partial charge on any atom is -0.506 e. The third-order valence-electron chi connectivity index (χ3n) is 3.06. The fourth-order valence-electron chi connectivity index (χ4n) is 1.82. The summed E-state index contributed by atoms with van der Waals surface area (Å²) in [6, 6.07) is 10.4. The van der Waals surface area contributed by atoms with Gasteiger partial charge in [-0.15, -0.1) is 15.4 Å². The van der Waals surface area contributed by atoms with E-state index in [1.165, 1.54) is 24.4 Å². The first-order valence-electron chi connectivity index (χ1n) is 7.07. The lowest BCUT2D eigenvalue weighted by atomic mass is 10.2. The molecule has 8 nitrogen and oxygen atoms in total. The highest BCUT2D eigenvalue weighted by Crippen LogP contribution is 2.25. The first-order chi connectivity index (χ1) is 12.0. The molecule has 0 aliphatic rings. The molecule has 9 heteroatoms. The maximum Gasteiger partial charge on any atom is 0.293 e. The lowest BCUT2D eigenvalue weighted by molar-refractivity contribution is -0.505. The van der Waals surface area contributed by atoms with Crippen LogP contribution in [0.3, 0.4) is 0 Å². The van der Waals surface area contributed by atoms with Gasteiger partial charge < -0.3 is 10.4 Å². The van der Waals surface area contributed by atoms with Crippen LogP contribution >= 0.6 is 11.6 Å². The Morgan fingerprint density at radius 3 is 2.56 bits per heavy atom. The third kappa shape index (κ3) is 5.40. The van der Waals surface area contributed by atoms with E-state index in [0.717, 1.165) is 0 Å². The molecule has 0 atom stereocenters. The Balaban J connectivity index is 1.82. The zero-order valence-corrected chi connectivity index (χ0v) is 13.6. The molecule has 0 fully saturated rings. The quantitative estimate of drug-likeness (QED) is 0.338. The number of aromatic hydroxyl groups is 1. The number of carbonyl (C=O) groups excluding carboxylic acids is 2. The van der Waals surface area contributed by atoms with E-state index in [0.29, 0.717) is 16.1 Å². The van der Waals surface area contributed by atoms with E-state index in [1.54, 1.807) is 24.3 Å². The number of hydrogen-bond acceptors (Lipinski definition) is 5. The van der Waals surface area contributed by atoms with Gasteiger partial charge in [0.05, 0.1) is 0 Å². The molecule has 0 saturated carbocycles. The number of halogens is 1. The number of carbonyl (C=O) groups is 2. The molecule has 0 aliphatic carbocycles. The highest BCUT2D eigenvalue weighted by molar-refractivity contribution is 6.30. The zero-order chi connectivity index (χ0) is 18.2. The van der Waals surface area contributed by atoms with Crippen LogP contribution in [0.2, 0.25) is 5.02 Å². The van der Waals surface area contributed by atoms with E-state index in [9.17, 15) is 19.6 Å². The van der Waals surface area contributed by atoms with Crippen LogP contribution in [0.25, 0.3) is 0 Å². The summed E-state index contributed by atoms with van der Waals surface area (Å²) in [5.74, 6) is -1.15. The third-order valence-corrected chi connectivity index (χ3v) is 3.32. The van der Waals surface area contributed by atoms with Gasteiger partial charge >= 0.3 is 0 Å². The molecule has 4 N–H and O–H groups in total. The lowest BCUT2D eigenvalue weighted by Gasteiger charge is -2.03. The van der Waals surface area contributed by atoms with Gasteiger partial charge in [0.1, 0.15) is 18.0 Å². The zero-order valence-electron chi connectivity index (χ0n) is 12.8. The van der Waals surface area contributed by atoms with Crippen LogP contribution in [-0.2, 0) is 4.79 Å². The predicted molar refractivity (Wildman–Crippen MR) is 91.6 cm³/mol. The SMILES string of the molecule is O=Nc1ccc(/C=[NH+]/NC(=O)CNC(=O)c2ccc(Cl)cc2)cc1O. The molecular formula is C16H14ClN4O4+. The molecule has 2 amide bonds. The van der Waals surface area contributed by atoms with Gasteiger partial charge in [0.2, 0.25) is 0 Å². The molecular weight excluding hydrogens is 348 g/mol. The molecule has 0 unspecified atom stereocenters. The normalized spacial score (nSPS) is 10.4. The number of hydrazine groups is 1. The Morgan fingerprint density at radius 1 is 1.20 bits per heavy atom. The smallest absolute Gasteiger partial charge is 0.293 e. The Morgan fingerprint density at radius 2 is 1.92 bits per heavy atom. The standard InChI is InChI=1S/C16H13ClN4O4/c17-12-4-2-11(3-5-12)16(24)18-9-15(23)20-19-8-10-1-6-13(21-25)14(22)7-10/h1-8,22H,9H2,(H,18,24)(H,20,23)/p+1/b19-8+. The van der Waals surface area contributed by atoms with E-state index in [4.69, 9.17) is 11.6 Å².